The maximum atomic E-state index is 5.40. The lowest BCUT2D eigenvalue weighted by Gasteiger charge is -2.21. The van der Waals surface area contributed by atoms with E-state index in [2.05, 4.69) is 10.5 Å². The van der Waals surface area contributed by atoms with Gasteiger partial charge in [0, 0.05) is 11.8 Å². The molecule has 0 atom stereocenters. The van der Waals surface area contributed by atoms with Crippen molar-refractivity contribution in [3.63, 3.8) is 0 Å². The van der Waals surface area contributed by atoms with Gasteiger partial charge in [0.1, 0.15) is 5.84 Å². The number of nitrogens with one attached hydrogen (secondary N) is 1. The predicted octanol–water partition coefficient (Wildman–Crippen LogP) is -0.456. The fourth-order valence-corrected chi connectivity index (χ4v) is 0.650. The molecule has 0 aliphatic carbocycles. The highest BCUT2D eigenvalue weighted by Crippen LogP contribution is 1.97. The molecule has 0 saturated carbocycles. The molecule has 0 radical (unpaired) electrons. The Morgan fingerprint density at radius 2 is 2.50 bits per heavy atom. The van der Waals surface area contributed by atoms with Gasteiger partial charge in [0.05, 0.1) is 7.11 Å². The average molecular weight is 142 g/mol. The first-order chi connectivity index (χ1) is 4.72. The lowest BCUT2D eigenvalue weighted by atomic mass is 10.4. The monoisotopic (exact) mass is 142 g/mol. The Morgan fingerprint density at radius 3 is 3.00 bits per heavy atom. The summed E-state index contributed by atoms with van der Waals surface area (Å²) in [5, 5.41) is 4.97. The minimum atomic E-state index is 0.429. The second-order valence-corrected chi connectivity index (χ2v) is 1.92. The summed E-state index contributed by atoms with van der Waals surface area (Å²) in [7, 11) is 1.50. The molecule has 0 spiro atoms. The number of amidine groups is 1. The van der Waals surface area contributed by atoms with Crippen molar-refractivity contribution in [3.05, 3.63) is 11.8 Å². The summed E-state index contributed by atoms with van der Waals surface area (Å²) < 4.78 is 0. The summed E-state index contributed by atoms with van der Waals surface area (Å²) in [6.45, 7) is 1.87. The van der Waals surface area contributed by atoms with Crippen LogP contribution >= 0.6 is 0 Å². The summed E-state index contributed by atoms with van der Waals surface area (Å²) in [5.41, 5.74) is 9.10. The highest BCUT2D eigenvalue weighted by Gasteiger charge is 2.05. The van der Waals surface area contributed by atoms with Crippen molar-refractivity contribution in [2.75, 3.05) is 7.11 Å². The first kappa shape index (κ1) is 6.88. The highest BCUT2D eigenvalue weighted by molar-refractivity contribution is 5.91. The van der Waals surface area contributed by atoms with Crippen molar-refractivity contribution in [3.8, 4) is 0 Å². The van der Waals surface area contributed by atoms with Gasteiger partial charge >= 0.3 is 0 Å². The maximum absolute atomic E-state index is 5.40. The molecule has 0 aromatic carbocycles. The van der Waals surface area contributed by atoms with Crippen LogP contribution in [-0.4, -0.2) is 18.2 Å². The smallest absolute Gasteiger partial charge is 0.149 e. The average Bonchev–Trinajstić information content (AvgIpc) is 1.85. The van der Waals surface area contributed by atoms with Crippen LogP contribution in [0, 0.1) is 0 Å². The molecule has 0 aromatic heterocycles. The molecule has 1 rings (SSSR count). The van der Waals surface area contributed by atoms with Crippen LogP contribution in [0.25, 0.3) is 0 Å². The van der Waals surface area contributed by atoms with Gasteiger partial charge in [0.2, 0.25) is 0 Å². The number of allylic oxidation sites excluding steroid dienone is 1. The van der Waals surface area contributed by atoms with Crippen molar-refractivity contribution >= 4 is 5.84 Å². The Labute approximate surface area is 59.1 Å². The summed E-state index contributed by atoms with van der Waals surface area (Å²) in [6, 6.07) is 0. The third-order valence-electron chi connectivity index (χ3n) is 1.02. The Balaban J connectivity index is 2.67. The van der Waals surface area contributed by atoms with Gasteiger partial charge in [0.25, 0.3) is 0 Å². The van der Waals surface area contributed by atoms with Crippen LogP contribution in [0.2, 0.25) is 0 Å². The first-order valence-corrected chi connectivity index (χ1v) is 2.85. The molecule has 0 aromatic rings. The first-order valence-electron chi connectivity index (χ1n) is 2.85. The molecule has 0 saturated heterocycles. The third-order valence-corrected chi connectivity index (χ3v) is 1.02. The van der Waals surface area contributed by atoms with Gasteiger partial charge in [0.15, 0.2) is 0 Å². The molecule has 0 unspecified atom stereocenters. The van der Waals surface area contributed by atoms with Crippen LogP contribution in [0.4, 0.5) is 0 Å². The topological polar surface area (TPSA) is 62.9 Å². The Bertz CT molecular complexity index is 186. The normalized spacial score (nSPS) is 17.6. The van der Waals surface area contributed by atoms with E-state index in [0.717, 1.165) is 5.70 Å². The van der Waals surface area contributed by atoms with Crippen molar-refractivity contribution in [2.45, 2.75) is 6.92 Å². The van der Waals surface area contributed by atoms with Crippen LogP contribution in [-0.2, 0) is 4.84 Å². The maximum Gasteiger partial charge on any atom is 0.149 e. The van der Waals surface area contributed by atoms with E-state index in [1.807, 2.05) is 6.92 Å². The molecule has 1 aliphatic rings. The van der Waals surface area contributed by atoms with Gasteiger partial charge in [-0.15, -0.1) is 5.10 Å². The lowest BCUT2D eigenvalue weighted by molar-refractivity contribution is -0.164. The number of nitrogens with zero attached hydrogens (tertiary/aromatic N) is 2. The Morgan fingerprint density at radius 1 is 1.80 bits per heavy atom. The molecule has 3 N–H and O–H groups in total. The van der Waals surface area contributed by atoms with E-state index in [1.54, 1.807) is 6.08 Å². The van der Waals surface area contributed by atoms with Crippen molar-refractivity contribution in [1.29, 1.82) is 0 Å². The number of hydrogen-bond acceptors (Lipinski definition) is 5. The molecule has 5 heteroatoms. The molecule has 10 heavy (non-hydrogen) atoms. The quantitative estimate of drug-likeness (QED) is 0.520. The number of hydrazine groups is 1. The van der Waals surface area contributed by atoms with Gasteiger partial charge in [-0.25, -0.2) is 4.84 Å². The molecule has 56 valence electrons. The second kappa shape index (κ2) is 2.57. The van der Waals surface area contributed by atoms with E-state index in [1.165, 1.54) is 12.4 Å². The van der Waals surface area contributed by atoms with Crippen LogP contribution in [0.15, 0.2) is 16.9 Å². The Hall–Kier alpha value is -1.23. The van der Waals surface area contributed by atoms with E-state index in [-0.39, 0.29) is 0 Å². The molecule has 0 bridgehead atoms. The standard InChI is InChI=1S/C5H10N4O/c1-4-3-5(6)8-9(7-4)10-2/h3,7H,1-2H3,(H2,6,8). The van der Waals surface area contributed by atoms with E-state index in [0.29, 0.717) is 5.84 Å². The van der Waals surface area contributed by atoms with Crippen LogP contribution < -0.4 is 11.2 Å². The van der Waals surface area contributed by atoms with E-state index in [9.17, 15) is 0 Å². The molecule has 5 nitrogen and oxygen atoms in total. The van der Waals surface area contributed by atoms with Crippen LogP contribution in [0.3, 0.4) is 0 Å². The minimum Gasteiger partial charge on any atom is -0.382 e. The van der Waals surface area contributed by atoms with Gasteiger partial charge in [-0.05, 0) is 6.92 Å². The van der Waals surface area contributed by atoms with Crippen molar-refractivity contribution in [1.82, 2.24) is 10.7 Å². The highest BCUT2D eigenvalue weighted by atomic mass is 16.7. The van der Waals surface area contributed by atoms with E-state index in [4.69, 9.17) is 10.6 Å². The number of rotatable bonds is 1. The molecular weight excluding hydrogens is 132 g/mol. The Kier molecular flexibility index (Phi) is 1.77. The summed E-state index contributed by atoms with van der Waals surface area (Å²) in [5.74, 6) is 0.429. The zero-order chi connectivity index (χ0) is 7.56. The minimum absolute atomic E-state index is 0.429. The summed E-state index contributed by atoms with van der Waals surface area (Å²) in [6.07, 6.45) is 1.72. The number of hydrogen-bond donors (Lipinski definition) is 2. The van der Waals surface area contributed by atoms with Gasteiger partial charge < -0.3 is 5.73 Å². The lowest BCUT2D eigenvalue weighted by Crippen LogP contribution is -2.37. The van der Waals surface area contributed by atoms with E-state index >= 15 is 0 Å². The largest absolute Gasteiger partial charge is 0.382 e. The van der Waals surface area contributed by atoms with Crippen molar-refractivity contribution < 1.29 is 4.84 Å². The molecule has 1 heterocycles. The summed E-state index contributed by atoms with van der Waals surface area (Å²) >= 11 is 0. The number of nitrogens with two attached hydrogens (primary N) is 1. The van der Waals surface area contributed by atoms with Gasteiger partial charge in [-0.1, -0.05) is 5.28 Å². The second-order valence-electron chi connectivity index (χ2n) is 1.92. The third kappa shape index (κ3) is 1.38. The molecule has 0 fully saturated rings. The van der Waals surface area contributed by atoms with Gasteiger partial charge in [-0.3, -0.25) is 5.43 Å². The zero-order valence-electron chi connectivity index (χ0n) is 5.96. The van der Waals surface area contributed by atoms with Crippen LogP contribution in [0.1, 0.15) is 6.92 Å². The summed E-state index contributed by atoms with van der Waals surface area (Å²) in [4.78, 5) is 4.75. The fraction of sp³-hybridized carbons (Fsp3) is 0.400. The fourth-order valence-electron chi connectivity index (χ4n) is 0.650. The van der Waals surface area contributed by atoms with Crippen LogP contribution in [0.5, 0.6) is 0 Å². The number of hydrazone groups is 1. The SMILES string of the molecule is CON1N=C(N)C=C(C)N1. The molecular formula is C5H10N4O. The predicted molar refractivity (Wildman–Crippen MR) is 37.4 cm³/mol. The zero-order valence-corrected chi connectivity index (χ0v) is 5.96. The van der Waals surface area contributed by atoms with Gasteiger partial charge in [-0.2, -0.15) is 0 Å². The van der Waals surface area contributed by atoms with E-state index < -0.39 is 0 Å². The molecule has 1 aliphatic heterocycles. The molecule has 0 amide bonds. The van der Waals surface area contributed by atoms with Crippen molar-refractivity contribution in [2.24, 2.45) is 10.8 Å².